The van der Waals surface area contributed by atoms with Gasteiger partial charge >= 0.3 is 0 Å². The standard InChI is InChI=1S/C18H21FN2O4S/c1-18(2,23)15-9-20-17(26-15)21-16(22)10-6-12(7-10)25-14-8-11(19)4-5-13(14)24-3/h4-5,8-10,12,23H,6-7H2,1-3H3,(H,20,21,22)/t10-,12-. The van der Waals surface area contributed by atoms with E-state index in [0.717, 1.165) is 0 Å². The lowest BCUT2D eigenvalue weighted by Crippen LogP contribution is -2.40. The lowest BCUT2D eigenvalue weighted by Gasteiger charge is -2.34. The summed E-state index contributed by atoms with van der Waals surface area (Å²) >= 11 is 1.25. The summed E-state index contributed by atoms with van der Waals surface area (Å²) in [6, 6.07) is 4.09. The molecular formula is C18H21FN2O4S. The van der Waals surface area contributed by atoms with Gasteiger partial charge in [-0.2, -0.15) is 0 Å². The third-order valence-corrected chi connectivity index (χ3v) is 5.45. The van der Waals surface area contributed by atoms with Crippen LogP contribution in [0.2, 0.25) is 0 Å². The SMILES string of the molecule is COc1ccc(F)cc1O[C@H]1C[C@H](C(=O)Nc2ncc(C(C)(C)O)s2)C1. The van der Waals surface area contributed by atoms with Gasteiger partial charge in [0.15, 0.2) is 16.6 Å². The summed E-state index contributed by atoms with van der Waals surface area (Å²) in [5.41, 5.74) is -0.986. The molecule has 0 aliphatic heterocycles. The summed E-state index contributed by atoms with van der Waals surface area (Å²) in [7, 11) is 1.49. The minimum absolute atomic E-state index is 0.132. The normalized spacial score (nSPS) is 19.6. The zero-order chi connectivity index (χ0) is 18.9. The van der Waals surface area contributed by atoms with Crippen molar-refractivity contribution in [2.45, 2.75) is 38.4 Å². The summed E-state index contributed by atoms with van der Waals surface area (Å²) in [5, 5.41) is 13.2. The van der Waals surface area contributed by atoms with Crippen LogP contribution in [-0.4, -0.2) is 29.2 Å². The fourth-order valence-electron chi connectivity index (χ4n) is 2.62. The topological polar surface area (TPSA) is 80.7 Å². The number of aromatic nitrogens is 1. The number of hydrogen-bond donors (Lipinski definition) is 2. The van der Waals surface area contributed by atoms with E-state index >= 15 is 0 Å². The number of thiazole rings is 1. The molecule has 1 aromatic heterocycles. The van der Waals surface area contributed by atoms with Gasteiger partial charge in [0.2, 0.25) is 5.91 Å². The molecule has 0 radical (unpaired) electrons. The minimum atomic E-state index is -0.986. The van der Waals surface area contributed by atoms with Crippen LogP contribution in [0.15, 0.2) is 24.4 Å². The van der Waals surface area contributed by atoms with Crippen molar-refractivity contribution in [1.82, 2.24) is 4.98 Å². The quantitative estimate of drug-likeness (QED) is 0.804. The number of halogens is 1. The average molecular weight is 380 g/mol. The highest BCUT2D eigenvalue weighted by molar-refractivity contribution is 7.15. The molecule has 1 aliphatic carbocycles. The van der Waals surface area contributed by atoms with E-state index in [4.69, 9.17) is 9.47 Å². The van der Waals surface area contributed by atoms with Gasteiger partial charge < -0.3 is 19.9 Å². The number of benzene rings is 1. The first kappa shape index (κ1) is 18.6. The second kappa shape index (κ2) is 7.20. The van der Waals surface area contributed by atoms with Crippen LogP contribution < -0.4 is 14.8 Å². The van der Waals surface area contributed by atoms with Gasteiger partial charge in [-0.3, -0.25) is 4.79 Å². The molecule has 1 aromatic carbocycles. The number of ether oxygens (including phenoxy) is 2. The van der Waals surface area contributed by atoms with Gasteiger partial charge in [-0.25, -0.2) is 9.37 Å². The minimum Gasteiger partial charge on any atom is -0.493 e. The van der Waals surface area contributed by atoms with Gasteiger partial charge in [-0.15, -0.1) is 0 Å². The molecule has 0 unspecified atom stereocenters. The van der Waals surface area contributed by atoms with Crippen LogP contribution in [-0.2, 0) is 10.4 Å². The Morgan fingerprint density at radius 1 is 1.38 bits per heavy atom. The number of methoxy groups -OCH3 is 1. The Labute approximate surface area is 155 Å². The lowest BCUT2D eigenvalue weighted by molar-refractivity contribution is -0.125. The first-order valence-corrected chi connectivity index (χ1v) is 9.07. The highest BCUT2D eigenvalue weighted by Crippen LogP contribution is 2.37. The first-order valence-electron chi connectivity index (χ1n) is 8.26. The van der Waals surface area contributed by atoms with Gasteiger partial charge in [0.05, 0.1) is 17.6 Å². The van der Waals surface area contributed by atoms with E-state index in [1.165, 1.54) is 36.6 Å². The van der Waals surface area contributed by atoms with Crippen LogP contribution in [0.5, 0.6) is 11.5 Å². The molecule has 1 heterocycles. The van der Waals surface area contributed by atoms with E-state index in [9.17, 15) is 14.3 Å². The molecule has 1 amide bonds. The van der Waals surface area contributed by atoms with Crippen molar-refractivity contribution in [2.75, 3.05) is 12.4 Å². The van der Waals surface area contributed by atoms with Crippen molar-refractivity contribution < 1.29 is 23.8 Å². The smallest absolute Gasteiger partial charge is 0.229 e. The van der Waals surface area contributed by atoms with E-state index in [0.29, 0.717) is 34.3 Å². The van der Waals surface area contributed by atoms with Crippen LogP contribution in [0.3, 0.4) is 0 Å². The zero-order valence-electron chi connectivity index (χ0n) is 14.8. The molecule has 0 atom stereocenters. The fourth-order valence-corrected chi connectivity index (χ4v) is 3.44. The van der Waals surface area contributed by atoms with E-state index in [1.807, 2.05) is 0 Å². The molecule has 2 N–H and O–H groups in total. The second-order valence-electron chi connectivity index (χ2n) is 6.78. The Kier molecular flexibility index (Phi) is 5.15. The maximum absolute atomic E-state index is 13.4. The number of amides is 1. The molecule has 2 aromatic rings. The third kappa shape index (κ3) is 4.13. The Bertz CT molecular complexity index is 797. The molecule has 140 valence electrons. The number of hydrogen-bond acceptors (Lipinski definition) is 6. The predicted molar refractivity (Wildman–Crippen MR) is 96.1 cm³/mol. The molecule has 1 fully saturated rings. The molecule has 3 rings (SSSR count). The van der Waals surface area contributed by atoms with Gasteiger partial charge in [0, 0.05) is 18.2 Å². The summed E-state index contributed by atoms with van der Waals surface area (Å²) < 4.78 is 24.3. The van der Waals surface area contributed by atoms with E-state index in [2.05, 4.69) is 10.3 Å². The van der Waals surface area contributed by atoms with E-state index < -0.39 is 11.4 Å². The van der Waals surface area contributed by atoms with E-state index in [-0.39, 0.29) is 17.9 Å². The molecule has 0 saturated heterocycles. The molecule has 0 bridgehead atoms. The first-order chi connectivity index (χ1) is 12.3. The number of rotatable bonds is 6. The Morgan fingerprint density at radius 3 is 2.73 bits per heavy atom. The highest BCUT2D eigenvalue weighted by atomic mass is 32.1. The van der Waals surface area contributed by atoms with Crippen molar-refractivity contribution >= 4 is 22.4 Å². The molecule has 0 spiro atoms. The number of carbonyl (C=O) groups excluding carboxylic acids is 1. The monoisotopic (exact) mass is 380 g/mol. The summed E-state index contributed by atoms with van der Waals surface area (Å²) in [4.78, 5) is 17.1. The summed E-state index contributed by atoms with van der Waals surface area (Å²) in [6.45, 7) is 3.33. The van der Waals surface area contributed by atoms with Crippen LogP contribution in [0.25, 0.3) is 0 Å². The van der Waals surface area contributed by atoms with Crippen molar-refractivity contribution in [3.05, 3.63) is 35.1 Å². The Morgan fingerprint density at radius 2 is 2.12 bits per heavy atom. The maximum Gasteiger partial charge on any atom is 0.229 e. The lowest BCUT2D eigenvalue weighted by atomic mass is 9.81. The molecule has 8 heteroatoms. The maximum atomic E-state index is 13.4. The molecule has 26 heavy (non-hydrogen) atoms. The van der Waals surface area contributed by atoms with E-state index in [1.54, 1.807) is 20.0 Å². The largest absolute Gasteiger partial charge is 0.493 e. The van der Waals surface area contributed by atoms with Gasteiger partial charge in [0.1, 0.15) is 11.9 Å². The average Bonchev–Trinajstić information content (AvgIpc) is 2.99. The van der Waals surface area contributed by atoms with Crippen molar-refractivity contribution in [3.8, 4) is 11.5 Å². The summed E-state index contributed by atoms with van der Waals surface area (Å²) in [6.07, 6.45) is 2.47. The Balaban J connectivity index is 1.53. The number of carbonyl (C=O) groups is 1. The predicted octanol–water partition coefficient (Wildman–Crippen LogP) is 3.31. The van der Waals surface area contributed by atoms with Crippen LogP contribution in [0.1, 0.15) is 31.6 Å². The number of nitrogens with one attached hydrogen (secondary N) is 1. The highest BCUT2D eigenvalue weighted by Gasteiger charge is 2.37. The van der Waals surface area contributed by atoms with Gasteiger partial charge in [-0.1, -0.05) is 11.3 Å². The third-order valence-electron chi connectivity index (χ3n) is 4.22. The number of anilines is 1. The van der Waals surface area contributed by atoms with Crippen molar-refractivity contribution in [2.24, 2.45) is 5.92 Å². The second-order valence-corrected chi connectivity index (χ2v) is 7.81. The van der Waals surface area contributed by atoms with Crippen molar-refractivity contribution in [1.29, 1.82) is 0 Å². The van der Waals surface area contributed by atoms with Crippen molar-refractivity contribution in [3.63, 3.8) is 0 Å². The Hall–Kier alpha value is -2.19. The molecular weight excluding hydrogens is 359 g/mol. The van der Waals surface area contributed by atoms with Gasteiger partial charge in [-0.05, 0) is 38.8 Å². The zero-order valence-corrected chi connectivity index (χ0v) is 15.6. The van der Waals surface area contributed by atoms with Crippen LogP contribution in [0, 0.1) is 11.7 Å². The molecule has 6 nitrogen and oxygen atoms in total. The number of aliphatic hydroxyl groups is 1. The molecule has 1 aliphatic rings. The number of nitrogens with zero attached hydrogens (tertiary/aromatic N) is 1. The van der Waals surface area contributed by atoms with Crippen LogP contribution >= 0.6 is 11.3 Å². The molecule has 1 saturated carbocycles. The van der Waals surface area contributed by atoms with Gasteiger partial charge in [0.25, 0.3) is 0 Å². The van der Waals surface area contributed by atoms with Crippen LogP contribution in [0.4, 0.5) is 9.52 Å². The fraction of sp³-hybridized carbons (Fsp3) is 0.444. The summed E-state index contributed by atoms with van der Waals surface area (Å²) in [5.74, 6) is 0.0786.